The Labute approximate surface area is 152 Å². The van der Waals surface area contributed by atoms with Crippen LogP contribution in [0.25, 0.3) is 23.0 Å². The topological polar surface area (TPSA) is 73.7 Å². The SMILES string of the molecule is Cc1nc(OC[C@@H]2COC(C)(C)O2)nc(C)c1-c1cccc2c1C(O)=C2. The molecule has 1 fully saturated rings. The number of hydrogen-bond acceptors (Lipinski definition) is 6. The number of aliphatic hydroxyl groups is 1. The number of nitrogens with zero attached hydrogens (tertiary/aromatic N) is 2. The fourth-order valence-electron chi connectivity index (χ4n) is 3.48. The van der Waals surface area contributed by atoms with Gasteiger partial charge in [0.05, 0.1) is 18.0 Å². The molecule has 0 spiro atoms. The minimum absolute atomic E-state index is 0.134. The Morgan fingerprint density at radius 2 is 1.92 bits per heavy atom. The summed E-state index contributed by atoms with van der Waals surface area (Å²) >= 11 is 0. The van der Waals surface area contributed by atoms with Crippen LogP contribution in [0.3, 0.4) is 0 Å². The number of ether oxygens (including phenoxy) is 3. The van der Waals surface area contributed by atoms with Gasteiger partial charge in [-0.1, -0.05) is 18.2 Å². The average Bonchev–Trinajstić information content (AvgIpc) is 2.90. The van der Waals surface area contributed by atoms with E-state index in [1.165, 1.54) is 0 Å². The number of aryl methyl sites for hydroxylation is 2. The van der Waals surface area contributed by atoms with Gasteiger partial charge in [-0.3, -0.25) is 0 Å². The highest BCUT2D eigenvalue weighted by Crippen LogP contribution is 2.40. The molecule has 0 unspecified atom stereocenters. The molecule has 0 saturated carbocycles. The summed E-state index contributed by atoms with van der Waals surface area (Å²) < 4.78 is 17.0. The molecule has 6 heteroatoms. The maximum Gasteiger partial charge on any atom is 0.316 e. The van der Waals surface area contributed by atoms with Crippen molar-refractivity contribution < 1.29 is 19.3 Å². The molecule has 1 N–H and O–H groups in total. The van der Waals surface area contributed by atoms with E-state index in [9.17, 15) is 5.11 Å². The van der Waals surface area contributed by atoms with Crippen molar-refractivity contribution in [1.82, 2.24) is 9.97 Å². The van der Waals surface area contributed by atoms with Crippen LogP contribution in [0, 0.1) is 13.8 Å². The zero-order valence-corrected chi connectivity index (χ0v) is 15.4. The number of fused-ring (bicyclic) bond motifs is 1. The van der Waals surface area contributed by atoms with Crippen LogP contribution in [-0.4, -0.2) is 40.2 Å². The summed E-state index contributed by atoms with van der Waals surface area (Å²) in [5.74, 6) is -0.273. The monoisotopic (exact) mass is 354 g/mol. The summed E-state index contributed by atoms with van der Waals surface area (Å²) in [6.45, 7) is 8.44. The summed E-state index contributed by atoms with van der Waals surface area (Å²) in [5.41, 5.74) is 5.37. The maximum absolute atomic E-state index is 10.00. The van der Waals surface area contributed by atoms with E-state index in [0.29, 0.717) is 25.0 Å². The van der Waals surface area contributed by atoms with Gasteiger partial charge in [-0.05, 0) is 44.9 Å². The van der Waals surface area contributed by atoms with Crippen LogP contribution in [0.5, 0.6) is 6.01 Å². The molecule has 2 aromatic rings. The van der Waals surface area contributed by atoms with E-state index in [0.717, 1.165) is 33.6 Å². The zero-order chi connectivity index (χ0) is 18.5. The van der Waals surface area contributed by atoms with Gasteiger partial charge in [0.2, 0.25) is 0 Å². The molecule has 6 nitrogen and oxygen atoms in total. The van der Waals surface area contributed by atoms with Crippen LogP contribution in [0.4, 0.5) is 0 Å². The molecule has 2 heterocycles. The lowest BCUT2D eigenvalue weighted by Gasteiger charge is -2.21. The minimum Gasteiger partial charge on any atom is -0.507 e. The lowest BCUT2D eigenvalue weighted by molar-refractivity contribution is -0.141. The van der Waals surface area contributed by atoms with Crippen LogP contribution >= 0.6 is 0 Å². The molecule has 1 aliphatic carbocycles. The van der Waals surface area contributed by atoms with E-state index in [1.54, 1.807) is 6.08 Å². The van der Waals surface area contributed by atoms with Crippen molar-refractivity contribution in [2.45, 2.75) is 39.6 Å². The normalized spacial score (nSPS) is 20.3. The second-order valence-electron chi connectivity index (χ2n) is 7.11. The van der Waals surface area contributed by atoms with Gasteiger partial charge >= 0.3 is 6.01 Å². The number of aromatic nitrogens is 2. The molecule has 26 heavy (non-hydrogen) atoms. The summed E-state index contributed by atoms with van der Waals surface area (Å²) in [4.78, 5) is 8.99. The maximum atomic E-state index is 10.00. The molecular formula is C20H22N2O4. The van der Waals surface area contributed by atoms with E-state index in [4.69, 9.17) is 14.2 Å². The third-order valence-electron chi connectivity index (χ3n) is 4.63. The van der Waals surface area contributed by atoms with Gasteiger partial charge < -0.3 is 19.3 Å². The van der Waals surface area contributed by atoms with Crippen LogP contribution in [0.2, 0.25) is 0 Å². The average molecular weight is 354 g/mol. The van der Waals surface area contributed by atoms with Crippen molar-refractivity contribution in [2.75, 3.05) is 13.2 Å². The summed E-state index contributed by atoms with van der Waals surface area (Å²) in [6, 6.07) is 6.26. The Kier molecular flexibility index (Phi) is 3.97. The Balaban J connectivity index is 1.56. The number of benzene rings is 1. The third-order valence-corrected chi connectivity index (χ3v) is 4.63. The van der Waals surface area contributed by atoms with Crippen LogP contribution in [-0.2, 0) is 9.47 Å². The molecule has 0 amide bonds. The second-order valence-corrected chi connectivity index (χ2v) is 7.11. The van der Waals surface area contributed by atoms with Crippen molar-refractivity contribution in [2.24, 2.45) is 0 Å². The molecule has 1 aliphatic heterocycles. The van der Waals surface area contributed by atoms with Crippen LogP contribution in [0.15, 0.2) is 18.2 Å². The Morgan fingerprint density at radius 1 is 1.19 bits per heavy atom. The van der Waals surface area contributed by atoms with Crippen molar-refractivity contribution in [3.8, 4) is 17.1 Å². The highest BCUT2D eigenvalue weighted by Gasteiger charge is 2.33. The van der Waals surface area contributed by atoms with Gasteiger partial charge in [-0.25, -0.2) is 0 Å². The van der Waals surface area contributed by atoms with Gasteiger partial charge in [0.1, 0.15) is 18.5 Å². The highest BCUT2D eigenvalue weighted by molar-refractivity contribution is 5.98. The van der Waals surface area contributed by atoms with Crippen LogP contribution < -0.4 is 4.74 Å². The molecular weight excluding hydrogens is 332 g/mol. The summed E-state index contributed by atoms with van der Waals surface area (Å²) in [7, 11) is 0. The minimum atomic E-state index is -0.574. The van der Waals surface area contributed by atoms with Gasteiger partial charge in [-0.2, -0.15) is 9.97 Å². The molecule has 2 aliphatic rings. The third kappa shape index (κ3) is 2.95. The Hall–Kier alpha value is -2.44. The molecule has 136 valence electrons. The van der Waals surface area contributed by atoms with Gasteiger partial charge in [0.15, 0.2) is 5.79 Å². The van der Waals surface area contributed by atoms with Crippen molar-refractivity contribution in [3.05, 3.63) is 40.7 Å². The lowest BCUT2D eigenvalue weighted by Crippen LogP contribution is -2.25. The first-order valence-electron chi connectivity index (χ1n) is 8.68. The summed E-state index contributed by atoms with van der Waals surface area (Å²) in [5, 5.41) is 10.00. The predicted octanol–water partition coefficient (Wildman–Crippen LogP) is 3.66. The van der Waals surface area contributed by atoms with E-state index in [2.05, 4.69) is 9.97 Å². The van der Waals surface area contributed by atoms with Gasteiger partial charge in [0.25, 0.3) is 0 Å². The van der Waals surface area contributed by atoms with E-state index in [1.807, 2.05) is 45.9 Å². The standard InChI is InChI=1S/C20H22N2O4/c1-11-17(15-7-5-6-13-8-16(23)18(13)15)12(2)22-19(21-11)24-9-14-10-25-20(3,4)26-14/h5-8,14,23H,9-10H2,1-4H3/t14-/m1/s1. The first-order chi connectivity index (χ1) is 12.3. The molecule has 0 bridgehead atoms. The number of rotatable bonds is 4. The van der Waals surface area contributed by atoms with E-state index >= 15 is 0 Å². The number of aliphatic hydroxyl groups excluding tert-OH is 1. The van der Waals surface area contributed by atoms with Crippen molar-refractivity contribution >= 4 is 11.8 Å². The molecule has 1 aromatic carbocycles. The number of hydrogen-bond donors (Lipinski definition) is 1. The zero-order valence-electron chi connectivity index (χ0n) is 15.4. The lowest BCUT2D eigenvalue weighted by atomic mass is 9.86. The molecule has 1 atom stereocenters. The first kappa shape index (κ1) is 17.0. The van der Waals surface area contributed by atoms with E-state index in [-0.39, 0.29) is 6.10 Å². The Morgan fingerprint density at radius 3 is 2.54 bits per heavy atom. The smallest absolute Gasteiger partial charge is 0.316 e. The molecule has 1 aromatic heterocycles. The predicted molar refractivity (Wildman–Crippen MR) is 97.8 cm³/mol. The molecule has 0 radical (unpaired) electrons. The fraction of sp³-hybridized carbons (Fsp3) is 0.400. The fourth-order valence-corrected chi connectivity index (χ4v) is 3.48. The van der Waals surface area contributed by atoms with Gasteiger partial charge in [0, 0.05) is 11.1 Å². The van der Waals surface area contributed by atoms with Gasteiger partial charge in [-0.15, -0.1) is 0 Å². The quantitative estimate of drug-likeness (QED) is 0.903. The largest absolute Gasteiger partial charge is 0.507 e. The van der Waals surface area contributed by atoms with Crippen LogP contribution in [0.1, 0.15) is 36.4 Å². The summed E-state index contributed by atoms with van der Waals surface area (Å²) in [6.07, 6.45) is 1.62. The molecule has 1 saturated heterocycles. The molecule has 4 rings (SSSR count). The first-order valence-corrected chi connectivity index (χ1v) is 8.68. The van der Waals surface area contributed by atoms with Crippen molar-refractivity contribution in [1.29, 1.82) is 0 Å². The van der Waals surface area contributed by atoms with Crippen molar-refractivity contribution in [3.63, 3.8) is 0 Å². The second kappa shape index (κ2) is 6.07. The Bertz CT molecular complexity index is 882. The highest BCUT2D eigenvalue weighted by atomic mass is 16.7. The van der Waals surface area contributed by atoms with E-state index < -0.39 is 5.79 Å².